The number of carbonyl (C=O) groups is 1. The van der Waals surface area contributed by atoms with Crippen molar-refractivity contribution in [2.24, 2.45) is 11.8 Å². The topological polar surface area (TPSA) is 37.3 Å². The van der Waals surface area contributed by atoms with Crippen LogP contribution in [0.1, 0.15) is 44.9 Å². The molecule has 2 aliphatic carbocycles. The van der Waals surface area contributed by atoms with Crippen LogP contribution in [0, 0.1) is 11.8 Å². The number of fused-ring (bicyclic) bond motifs is 1. The molecule has 2 aliphatic rings. The Hall–Kier alpha value is -0.0800. The van der Waals surface area contributed by atoms with Gasteiger partial charge in [0.25, 0.3) is 0 Å². The van der Waals surface area contributed by atoms with Gasteiger partial charge in [0.2, 0.25) is 0 Å². The molecule has 2 saturated carbocycles. The van der Waals surface area contributed by atoms with E-state index in [1.54, 1.807) is 0 Å². The van der Waals surface area contributed by atoms with Gasteiger partial charge in [-0.05, 0) is 31.6 Å². The highest BCUT2D eigenvalue weighted by Gasteiger charge is 2.59. The monoisotopic (exact) mass is 230 g/mol. The molecule has 1 N–H and O–H groups in total. The van der Waals surface area contributed by atoms with E-state index in [1.807, 2.05) is 0 Å². The minimum absolute atomic E-state index is 0.169. The Balaban J connectivity index is 1.77. The van der Waals surface area contributed by atoms with Crippen molar-refractivity contribution in [3.05, 3.63) is 0 Å². The Kier molecular flexibility index (Phi) is 3.36. The molecule has 0 heterocycles. The predicted octanol–water partition coefficient (Wildman–Crippen LogP) is 2.52. The predicted molar refractivity (Wildman–Crippen MR) is 60.0 cm³/mol. The first kappa shape index (κ1) is 11.4. The van der Waals surface area contributed by atoms with Gasteiger partial charge >= 0.3 is 0 Å². The van der Waals surface area contributed by atoms with Gasteiger partial charge in [0.1, 0.15) is 5.78 Å². The van der Waals surface area contributed by atoms with Gasteiger partial charge in [-0.15, -0.1) is 11.6 Å². The van der Waals surface area contributed by atoms with Crippen LogP contribution in [0.5, 0.6) is 0 Å². The second-order valence-electron chi connectivity index (χ2n) is 4.97. The molecule has 2 nitrogen and oxygen atoms in total. The highest BCUT2D eigenvalue weighted by molar-refractivity contribution is 6.30. The van der Waals surface area contributed by atoms with Gasteiger partial charge in [-0.3, -0.25) is 4.79 Å². The summed E-state index contributed by atoms with van der Waals surface area (Å²) in [6.45, 7) is 0.289. The van der Waals surface area contributed by atoms with E-state index >= 15 is 0 Å². The Bertz CT molecular complexity index is 254. The number of alkyl halides is 1. The third-order valence-corrected chi connectivity index (χ3v) is 4.81. The third-order valence-electron chi connectivity index (χ3n) is 4.11. The van der Waals surface area contributed by atoms with Crippen LogP contribution in [0.25, 0.3) is 0 Å². The number of halogens is 1. The molecule has 0 aromatic carbocycles. The largest absolute Gasteiger partial charge is 0.396 e. The summed E-state index contributed by atoms with van der Waals surface area (Å²) < 4.78 is 0. The number of Topliss-reactive ketones (excluding diaryl/α,β-unsaturated/α-hetero) is 1. The minimum Gasteiger partial charge on any atom is -0.396 e. The van der Waals surface area contributed by atoms with Crippen LogP contribution in [0.15, 0.2) is 0 Å². The van der Waals surface area contributed by atoms with Crippen LogP contribution in [0.2, 0.25) is 0 Å². The standard InChI is InChI=1S/C12H19ClO2/c13-12-8-11(15)10(12)6-5-9(12)4-2-1-3-7-14/h9-10,14H,1-8H2. The number of rotatable bonds is 5. The van der Waals surface area contributed by atoms with E-state index in [4.69, 9.17) is 16.7 Å². The van der Waals surface area contributed by atoms with Gasteiger partial charge in [0.15, 0.2) is 0 Å². The number of carbonyl (C=O) groups excluding carboxylic acids is 1. The fourth-order valence-electron chi connectivity index (χ4n) is 3.15. The number of aliphatic hydroxyl groups excluding tert-OH is 1. The summed E-state index contributed by atoms with van der Waals surface area (Å²) in [7, 11) is 0. The van der Waals surface area contributed by atoms with E-state index in [1.165, 1.54) is 0 Å². The third kappa shape index (κ3) is 1.94. The average Bonchev–Trinajstić information content (AvgIpc) is 2.45. The van der Waals surface area contributed by atoms with E-state index in [-0.39, 0.29) is 17.4 Å². The fraction of sp³-hybridized carbons (Fsp3) is 0.917. The highest BCUT2D eigenvalue weighted by atomic mass is 35.5. The molecule has 0 amide bonds. The molecule has 0 bridgehead atoms. The molecule has 0 radical (unpaired) electrons. The van der Waals surface area contributed by atoms with Gasteiger partial charge in [0.05, 0.1) is 4.87 Å². The van der Waals surface area contributed by atoms with Crippen LogP contribution >= 0.6 is 11.6 Å². The number of hydrogen-bond donors (Lipinski definition) is 1. The lowest BCUT2D eigenvalue weighted by Crippen LogP contribution is -2.50. The van der Waals surface area contributed by atoms with Crippen molar-refractivity contribution in [3.8, 4) is 0 Å². The zero-order chi connectivity index (χ0) is 10.9. The van der Waals surface area contributed by atoms with Crippen molar-refractivity contribution in [2.45, 2.75) is 49.8 Å². The summed E-state index contributed by atoms with van der Waals surface area (Å²) in [6.07, 6.45) is 6.98. The van der Waals surface area contributed by atoms with Crippen molar-refractivity contribution in [3.63, 3.8) is 0 Å². The van der Waals surface area contributed by atoms with Gasteiger partial charge in [-0.25, -0.2) is 0 Å². The normalized spacial score (nSPS) is 38.9. The Morgan fingerprint density at radius 3 is 2.73 bits per heavy atom. The van der Waals surface area contributed by atoms with Crippen molar-refractivity contribution >= 4 is 17.4 Å². The second kappa shape index (κ2) is 4.42. The van der Waals surface area contributed by atoms with Crippen molar-refractivity contribution in [1.29, 1.82) is 0 Å². The summed E-state index contributed by atoms with van der Waals surface area (Å²) >= 11 is 6.51. The van der Waals surface area contributed by atoms with Gasteiger partial charge < -0.3 is 5.11 Å². The van der Waals surface area contributed by atoms with Crippen LogP contribution < -0.4 is 0 Å². The smallest absolute Gasteiger partial charge is 0.139 e. The molecule has 0 aromatic heterocycles. The molecule has 0 saturated heterocycles. The lowest BCUT2D eigenvalue weighted by molar-refractivity contribution is -0.131. The summed E-state index contributed by atoms with van der Waals surface area (Å²) in [5, 5.41) is 8.68. The fourth-order valence-corrected chi connectivity index (χ4v) is 3.73. The molecule has 3 heteroatoms. The van der Waals surface area contributed by atoms with E-state index in [9.17, 15) is 4.79 Å². The first-order valence-electron chi connectivity index (χ1n) is 6.01. The molecule has 0 aromatic rings. The maximum absolute atomic E-state index is 11.3. The lowest BCUT2D eigenvalue weighted by atomic mass is 9.69. The van der Waals surface area contributed by atoms with Gasteiger partial charge in [0, 0.05) is 18.9 Å². The Morgan fingerprint density at radius 1 is 1.33 bits per heavy atom. The number of hydrogen-bond acceptors (Lipinski definition) is 2. The van der Waals surface area contributed by atoms with Crippen LogP contribution in [-0.2, 0) is 4.79 Å². The zero-order valence-electron chi connectivity index (χ0n) is 9.04. The first-order valence-corrected chi connectivity index (χ1v) is 6.39. The van der Waals surface area contributed by atoms with Crippen molar-refractivity contribution in [1.82, 2.24) is 0 Å². The molecule has 2 rings (SSSR count). The van der Waals surface area contributed by atoms with E-state index in [2.05, 4.69) is 0 Å². The van der Waals surface area contributed by atoms with Gasteiger partial charge in [-0.2, -0.15) is 0 Å². The van der Waals surface area contributed by atoms with Crippen LogP contribution in [0.3, 0.4) is 0 Å². The quantitative estimate of drug-likeness (QED) is 0.582. The summed E-state index contributed by atoms with van der Waals surface area (Å²) in [6, 6.07) is 0. The number of unbranched alkanes of at least 4 members (excludes halogenated alkanes) is 2. The summed E-state index contributed by atoms with van der Waals surface area (Å²) in [4.78, 5) is 11.2. The van der Waals surface area contributed by atoms with Crippen LogP contribution in [0.4, 0.5) is 0 Å². The van der Waals surface area contributed by atoms with Crippen molar-refractivity contribution in [2.75, 3.05) is 6.61 Å². The average molecular weight is 231 g/mol. The molecule has 3 unspecified atom stereocenters. The maximum atomic E-state index is 11.3. The molecule has 2 fully saturated rings. The highest BCUT2D eigenvalue weighted by Crippen LogP contribution is 2.57. The first-order chi connectivity index (χ1) is 7.18. The summed E-state index contributed by atoms with van der Waals surface area (Å²) in [5.41, 5.74) is 0. The Morgan fingerprint density at radius 2 is 2.13 bits per heavy atom. The summed E-state index contributed by atoms with van der Waals surface area (Å²) in [5.74, 6) is 1.09. The SMILES string of the molecule is O=C1CC2(Cl)C(CCCCCO)CCC12. The van der Waals surface area contributed by atoms with E-state index in [0.717, 1.165) is 38.5 Å². The second-order valence-corrected chi connectivity index (χ2v) is 5.67. The molecule has 86 valence electrons. The van der Waals surface area contributed by atoms with Crippen LogP contribution in [-0.4, -0.2) is 22.4 Å². The molecule has 0 aliphatic heterocycles. The van der Waals surface area contributed by atoms with E-state index in [0.29, 0.717) is 18.1 Å². The number of aliphatic hydroxyl groups is 1. The van der Waals surface area contributed by atoms with E-state index < -0.39 is 0 Å². The molecule has 0 spiro atoms. The molecule has 3 atom stereocenters. The minimum atomic E-state index is -0.170. The molecular formula is C12H19ClO2. The van der Waals surface area contributed by atoms with Gasteiger partial charge in [-0.1, -0.05) is 12.8 Å². The lowest BCUT2D eigenvalue weighted by Gasteiger charge is -2.42. The Labute approximate surface area is 96.0 Å². The van der Waals surface area contributed by atoms with Crippen molar-refractivity contribution < 1.29 is 9.90 Å². The number of ketones is 1. The zero-order valence-corrected chi connectivity index (χ0v) is 9.80. The molecule has 15 heavy (non-hydrogen) atoms. The maximum Gasteiger partial charge on any atom is 0.139 e. The molecular weight excluding hydrogens is 212 g/mol.